The molecule has 0 bridgehead atoms. The minimum atomic E-state index is -3.64. The van der Waals surface area contributed by atoms with Crippen LogP contribution in [0.25, 0.3) is 10.9 Å². The molecule has 0 aliphatic heterocycles. The third-order valence-electron chi connectivity index (χ3n) is 4.36. The van der Waals surface area contributed by atoms with Crippen molar-refractivity contribution in [1.82, 2.24) is 9.29 Å². The average Bonchev–Trinajstić information content (AvgIpc) is 2.61. The summed E-state index contributed by atoms with van der Waals surface area (Å²) >= 11 is 0. The van der Waals surface area contributed by atoms with E-state index in [-0.39, 0.29) is 4.90 Å². The van der Waals surface area contributed by atoms with Crippen LogP contribution in [-0.4, -0.2) is 38.9 Å². The van der Waals surface area contributed by atoms with Gasteiger partial charge in [0, 0.05) is 45.0 Å². The number of hydrogen-bond donors (Lipinski definition) is 0. The number of aryl methyl sites for hydroxylation is 1. The molecule has 5 nitrogen and oxygen atoms in total. The topological polar surface area (TPSA) is 53.5 Å². The summed E-state index contributed by atoms with van der Waals surface area (Å²) in [6.45, 7) is 2.25. The van der Waals surface area contributed by atoms with Crippen molar-refractivity contribution in [2.45, 2.75) is 18.4 Å². The van der Waals surface area contributed by atoms with Gasteiger partial charge in [-0.15, -0.1) is 0 Å². The number of fused-ring (bicyclic) bond motifs is 1. The standard InChI is InChI=1S/C20H23N3O2S/c1-15-12-17-6-5-7-19(20(17)21-13-15)26(24,25)23(4)14-16-8-10-18(11-9-16)22(2)3/h5-13H,14H2,1-4H3. The minimum absolute atomic E-state index is 0.238. The van der Waals surface area contributed by atoms with Crippen LogP contribution in [-0.2, 0) is 16.6 Å². The molecular formula is C20H23N3O2S. The Bertz CT molecular complexity index is 1030. The maximum atomic E-state index is 13.1. The molecule has 3 rings (SSSR count). The van der Waals surface area contributed by atoms with E-state index in [0.29, 0.717) is 12.1 Å². The smallest absolute Gasteiger partial charge is 0.245 e. The molecule has 1 heterocycles. The number of hydrogen-bond acceptors (Lipinski definition) is 4. The van der Waals surface area contributed by atoms with E-state index < -0.39 is 10.0 Å². The van der Waals surface area contributed by atoms with Crippen LogP contribution >= 0.6 is 0 Å². The number of nitrogens with zero attached hydrogens (tertiary/aromatic N) is 3. The van der Waals surface area contributed by atoms with E-state index in [1.165, 1.54) is 4.31 Å². The Kier molecular flexibility index (Phi) is 4.98. The highest BCUT2D eigenvalue weighted by molar-refractivity contribution is 7.89. The van der Waals surface area contributed by atoms with Gasteiger partial charge in [0.25, 0.3) is 0 Å². The molecule has 0 saturated carbocycles. The first-order valence-corrected chi connectivity index (χ1v) is 9.81. The molecular weight excluding hydrogens is 346 g/mol. The van der Waals surface area contributed by atoms with Gasteiger partial charge in [-0.3, -0.25) is 4.98 Å². The van der Waals surface area contributed by atoms with Crippen molar-refractivity contribution in [3.05, 3.63) is 65.9 Å². The van der Waals surface area contributed by atoms with E-state index in [4.69, 9.17) is 0 Å². The van der Waals surface area contributed by atoms with Crippen LogP contribution in [0.5, 0.6) is 0 Å². The Morgan fingerprint density at radius 2 is 1.69 bits per heavy atom. The summed E-state index contributed by atoms with van der Waals surface area (Å²) in [5, 5.41) is 0.829. The molecule has 0 N–H and O–H groups in total. The van der Waals surface area contributed by atoms with Crippen LogP contribution in [0.1, 0.15) is 11.1 Å². The molecule has 0 aliphatic rings. The second-order valence-electron chi connectivity index (χ2n) is 6.66. The molecule has 6 heteroatoms. The minimum Gasteiger partial charge on any atom is -0.378 e. The highest BCUT2D eigenvalue weighted by Crippen LogP contribution is 2.25. The van der Waals surface area contributed by atoms with Crippen molar-refractivity contribution in [3.63, 3.8) is 0 Å². The van der Waals surface area contributed by atoms with Crippen molar-refractivity contribution in [3.8, 4) is 0 Å². The SMILES string of the molecule is Cc1cnc2c(S(=O)(=O)N(C)Cc3ccc(N(C)C)cc3)cccc2c1. The molecule has 0 aliphatic carbocycles. The fourth-order valence-corrected chi connectivity index (χ4v) is 4.18. The molecule has 0 saturated heterocycles. The van der Waals surface area contributed by atoms with Gasteiger partial charge in [0.05, 0.1) is 5.52 Å². The lowest BCUT2D eigenvalue weighted by molar-refractivity contribution is 0.467. The summed E-state index contributed by atoms with van der Waals surface area (Å²) in [5.41, 5.74) is 3.52. The Balaban J connectivity index is 1.92. The van der Waals surface area contributed by atoms with Crippen LogP contribution < -0.4 is 4.90 Å². The van der Waals surface area contributed by atoms with Crippen molar-refractivity contribution in [2.75, 3.05) is 26.0 Å². The largest absolute Gasteiger partial charge is 0.378 e. The van der Waals surface area contributed by atoms with Crippen LogP contribution in [0.2, 0.25) is 0 Å². The average molecular weight is 369 g/mol. The number of anilines is 1. The van der Waals surface area contributed by atoms with E-state index >= 15 is 0 Å². The van der Waals surface area contributed by atoms with Gasteiger partial charge in [-0.05, 0) is 42.3 Å². The molecule has 136 valence electrons. The van der Waals surface area contributed by atoms with E-state index in [9.17, 15) is 8.42 Å². The number of aromatic nitrogens is 1. The summed E-state index contributed by atoms with van der Waals surface area (Å²) < 4.78 is 27.5. The maximum absolute atomic E-state index is 13.1. The number of rotatable bonds is 5. The normalized spacial score (nSPS) is 11.9. The molecule has 2 aromatic carbocycles. The van der Waals surface area contributed by atoms with Gasteiger partial charge in [-0.1, -0.05) is 24.3 Å². The van der Waals surface area contributed by atoms with Crippen molar-refractivity contribution >= 4 is 26.6 Å². The molecule has 0 fully saturated rings. The monoisotopic (exact) mass is 369 g/mol. The third kappa shape index (κ3) is 3.57. The maximum Gasteiger partial charge on any atom is 0.245 e. The van der Waals surface area contributed by atoms with Gasteiger partial charge < -0.3 is 4.90 Å². The zero-order valence-electron chi connectivity index (χ0n) is 15.5. The van der Waals surface area contributed by atoms with Crippen LogP contribution in [0, 0.1) is 6.92 Å². The third-order valence-corrected chi connectivity index (χ3v) is 6.19. The highest BCUT2D eigenvalue weighted by Gasteiger charge is 2.24. The van der Waals surface area contributed by atoms with Crippen LogP contribution in [0.15, 0.2) is 59.6 Å². The molecule has 0 unspecified atom stereocenters. The molecule has 3 aromatic rings. The van der Waals surface area contributed by atoms with Crippen molar-refractivity contribution in [1.29, 1.82) is 0 Å². The zero-order chi connectivity index (χ0) is 18.9. The molecule has 0 radical (unpaired) electrons. The summed E-state index contributed by atoms with van der Waals surface area (Å²) in [7, 11) is 1.90. The lowest BCUT2D eigenvalue weighted by atomic mass is 10.2. The number of benzene rings is 2. The van der Waals surface area contributed by atoms with E-state index in [2.05, 4.69) is 4.98 Å². The van der Waals surface area contributed by atoms with Gasteiger partial charge in [0.15, 0.2) is 0 Å². The van der Waals surface area contributed by atoms with E-state index in [0.717, 1.165) is 22.2 Å². The molecule has 1 aromatic heterocycles. The van der Waals surface area contributed by atoms with Crippen LogP contribution in [0.3, 0.4) is 0 Å². The first-order chi connectivity index (χ1) is 12.3. The first kappa shape index (κ1) is 18.4. The summed E-state index contributed by atoms with van der Waals surface area (Å²) in [6, 6.07) is 15.1. The van der Waals surface area contributed by atoms with Crippen molar-refractivity contribution in [2.24, 2.45) is 0 Å². The lowest BCUT2D eigenvalue weighted by Crippen LogP contribution is -2.26. The van der Waals surface area contributed by atoms with Gasteiger partial charge in [-0.25, -0.2) is 8.42 Å². The molecule has 26 heavy (non-hydrogen) atoms. The highest BCUT2D eigenvalue weighted by atomic mass is 32.2. The predicted molar refractivity (Wildman–Crippen MR) is 106 cm³/mol. The Morgan fingerprint density at radius 1 is 1.00 bits per heavy atom. The van der Waals surface area contributed by atoms with Crippen molar-refractivity contribution < 1.29 is 8.42 Å². The Labute approximate surface area is 154 Å². The number of sulfonamides is 1. The molecule has 0 atom stereocenters. The van der Waals surface area contributed by atoms with Crippen LogP contribution in [0.4, 0.5) is 5.69 Å². The first-order valence-electron chi connectivity index (χ1n) is 8.37. The van der Waals surface area contributed by atoms with Gasteiger partial charge in [-0.2, -0.15) is 4.31 Å². The fraction of sp³-hybridized carbons (Fsp3) is 0.250. The summed E-state index contributed by atoms with van der Waals surface area (Å²) in [6.07, 6.45) is 1.70. The zero-order valence-corrected chi connectivity index (χ0v) is 16.3. The summed E-state index contributed by atoms with van der Waals surface area (Å²) in [5.74, 6) is 0. The predicted octanol–water partition coefficient (Wildman–Crippen LogP) is 3.43. The lowest BCUT2D eigenvalue weighted by Gasteiger charge is -2.19. The quantitative estimate of drug-likeness (QED) is 0.691. The molecule has 0 spiro atoms. The number of para-hydroxylation sites is 1. The summed E-state index contributed by atoms with van der Waals surface area (Å²) in [4.78, 5) is 6.60. The Hall–Kier alpha value is -2.44. The van der Waals surface area contributed by atoms with E-state index in [1.807, 2.05) is 62.3 Å². The second-order valence-corrected chi connectivity index (χ2v) is 8.68. The van der Waals surface area contributed by atoms with Gasteiger partial charge in [0.2, 0.25) is 10.0 Å². The second kappa shape index (κ2) is 7.05. The fourth-order valence-electron chi connectivity index (χ4n) is 2.86. The number of pyridine rings is 1. The molecule has 0 amide bonds. The van der Waals surface area contributed by atoms with Gasteiger partial charge >= 0.3 is 0 Å². The Morgan fingerprint density at radius 3 is 2.35 bits per heavy atom. The van der Waals surface area contributed by atoms with Gasteiger partial charge in [0.1, 0.15) is 4.90 Å². The van der Waals surface area contributed by atoms with E-state index in [1.54, 1.807) is 25.4 Å².